The number of aromatic carboxylic acids is 1. The standard InChI is InChI=1S/C20H13ClFNO3S/c21-11-6-7-14(22)12(8-11)13-9-15(24)23-17-16(10-4-2-1-3-5-10)19(20(25)26)27-18(13)17/h1-8,13H,9H2,(H,23,24)(H,25,26)/t13-/m0/s1. The zero-order valence-corrected chi connectivity index (χ0v) is 15.4. The molecule has 3 aromatic rings. The number of halogens is 2. The van der Waals surface area contributed by atoms with Gasteiger partial charge in [-0.2, -0.15) is 0 Å². The Morgan fingerprint density at radius 3 is 2.67 bits per heavy atom. The number of hydrogen-bond donors (Lipinski definition) is 2. The monoisotopic (exact) mass is 401 g/mol. The van der Waals surface area contributed by atoms with Gasteiger partial charge in [-0.05, 0) is 29.3 Å². The van der Waals surface area contributed by atoms with Crippen molar-refractivity contribution in [3.8, 4) is 11.1 Å². The molecule has 0 bridgehead atoms. The average molecular weight is 402 g/mol. The Morgan fingerprint density at radius 2 is 1.96 bits per heavy atom. The van der Waals surface area contributed by atoms with Gasteiger partial charge in [0.2, 0.25) is 5.91 Å². The molecule has 4 nitrogen and oxygen atoms in total. The topological polar surface area (TPSA) is 66.4 Å². The highest BCUT2D eigenvalue weighted by Gasteiger charge is 2.35. The van der Waals surface area contributed by atoms with Crippen molar-refractivity contribution in [1.29, 1.82) is 0 Å². The number of anilines is 1. The summed E-state index contributed by atoms with van der Waals surface area (Å²) in [5.74, 6) is -2.45. The lowest BCUT2D eigenvalue weighted by Crippen LogP contribution is -2.23. The summed E-state index contributed by atoms with van der Waals surface area (Å²) in [5, 5.41) is 12.8. The molecule has 7 heteroatoms. The highest BCUT2D eigenvalue weighted by atomic mass is 35.5. The summed E-state index contributed by atoms with van der Waals surface area (Å²) >= 11 is 7.08. The summed E-state index contributed by atoms with van der Waals surface area (Å²) < 4.78 is 14.5. The molecule has 0 spiro atoms. The first kappa shape index (κ1) is 17.7. The molecule has 1 aliphatic rings. The Hall–Kier alpha value is -2.70. The van der Waals surface area contributed by atoms with Crippen LogP contribution < -0.4 is 5.32 Å². The number of benzene rings is 2. The highest BCUT2D eigenvalue weighted by molar-refractivity contribution is 7.15. The molecule has 0 saturated heterocycles. The van der Waals surface area contributed by atoms with Crippen LogP contribution in [0.25, 0.3) is 11.1 Å². The minimum Gasteiger partial charge on any atom is -0.477 e. The smallest absolute Gasteiger partial charge is 0.346 e. The normalized spacial score (nSPS) is 15.9. The number of nitrogens with one attached hydrogen (secondary N) is 1. The number of carbonyl (C=O) groups excluding carboxylic acids is 1. The van der Waals surface area contributed by atoms with E-state index < -0.39 is 17.7 Å². The molecule has 2 N–H and O–H groups in total. The zero-order chi connectivity index (χ0) is 19.1. The van der Waals surface area contributed by atoms with E-state index >= 15 is 0 Å². The maximum absolute atomic E-state index is 14.5. The fourth-order valence-corrected chi connectivity index (χ4v) is 4.77. The molecule has 1 atom stereocenters. The molecule has 0 unspecified atom stereocenters. The molecule has 0 fully saturated rings. The van der Waals surface area contributed by atoms with Crippen LogP contribution in [-0.2, 0) is 4.79 Å². The lowest BCUT2D eigenvalue weighted by molar-refractivity contribution is -0.116. The van der Waals surface area contributed by atoms with Gasteiger partial charge in [0.1, 0.15) is 10.7 Å². The van der Waals surface area contributed by atoms with Crippen molar-refractivity contribution >= 4 is 40.5 Å². The molecule has 2 aromatic carbocycles. The summed E-state index contributed by atoms with van der Waals surface area (Å²) in [7, 11) is 0. The summed E-state index contributed by atoms with van der Waals surface area (Å²) in [6.07, 6.45) is 0.0259. The zero-order valence-electron chi connectivity index (χ0n) is 13.8. The van der Waals surface area contributed by atoms with Crippen LogP contribution >= 0.6 is 22.9 Å². The van der Waals surface area contributed by atoms with Crippen LogP contribution in [0.2, 0.25) is 5.02 Å². The quantitative estimate of drug-likeness (QED) is 0.619. The number of carboxylic acids is 1. The maximum atomic E-state index is 14.5. The molecule has 1 aliphatic heterocycles. The van der Waals surface area contributed by atoms with E-state index in [0.29, 0.717) is 26.7 Å². The third kappa shape index (κ3) is 3.11. The second-order valence-electron chi connectivity index (χ2n) is 6.19. The Balaban J connectivity index is 1.97. The lowest BCUT2D eigenvalue weighted by atomic mass is 9.88. The van der Waals surface area contributed by atoms with Crippen LogP contribution in [0.15, 0.2) is 48.5 Å². The van der Waals surface area contributed by atoms with E-state index in [1.807, 2.05) is 6.07 Å². The van der Waals surface area contributed by atoms with Crippen molar-refractivity contribution in [2.45, 2.75) is 12.3 Å². The Labute approximate surface area is 163 Å². The fourth-order valence-electron chi connectivity index (χ4n) is 3.35. The first-order valence-electron chi connectivity index (χ1n) is 8.16. The Kier molecular flexibility index (Phi) is 4.45. The van der Waals surface area contributed by atoms with Gasteiger partial charge in [-0.1, -0.05) is 41.9 Å². The number of thiophene rings is 1. The molecule has 2 heterocycles. The van der Waals surface area contributed by atoms with Gasteiger partial charge >= 0.3 is 5.97 Å². The van der Waals surface area contributed by atoms with Crippen molar-refractivity contribution in [2.24, 2.45) is 0 Å². The second-order valence-corrected chi connectivity index (χ2v) is 7.68. The lowest BCUT2D eigenvalue weighted by Gasteiger charge is -2.24. The summed E-state index contributed by atoms with van der Waals surface area (Å²) in [6, 6.07) is 13.2. The SMILES string of the molecule is O=C1C[C@@H](c2cc(Cl)ccc2F)c2sc(C(=O)O)c(-c3ccccc3)c2N1. The predicted molar refractivity (Wildman–Crippen MR) is 103 cm³/mol. The van der Waals surface area contributed by atoms with Gasteiger partial charge in [0.25, 0.3) is 0 Å². The van der Waals surface area contributed by atoms with Crippen molar-refractivity contribution < 1.29 is 19.1 Å². The van der Waals surface area contributed by atoms with Gasteiger partial charge in [-0.3, -0.25) is 4.79 Å². The first-order chi connectivity index (χ1) is 13.0. The molecule has 27 heavy (non-hydrogen) atoms. The molecule has 136 valence electrons. The van der Waals surface area contributed by atoms with Gasteiger partial charge < -0.3 is 10.4 Å². The van der Waals surface area contributed by atoms with Crippen LogP contribution in [0.1, 0.15) is 32.5 Å². The van der Waals surface area contributed by atoms with E-state index in [1.165, 1.54) is 18.2 Å². The van der Waals surface area contributed by atoms with E-state index in [-0.39, 0.29) is 22.8 Å². The van der Waals surface area contributed by atoms with Crippen LogP contribution in [-0.4, -0.2) is 17.0 Å². The van der Waals surface area contributed by atoms with Crippen molar-refractivity contribution in [2.75, 3.05) is 5.32 Å². The van der Waals surface area contributed by atoms with Crippen molar-refractivity contribution in [3.05, 3.63) is 74.7 Å². The molecule has 0 saturated carbocycles. The van der Waals surface area contributed by atoms with E-state index in [0.717, 1.165) is 11.3 Å². The predicted octanol–water partition coefficient (Wildman–Crippen LogP) is 5.38. The number of fused-ring (bicyclic) bond motifs is 1. The highest BCUT2D eigenvalue weighted by Crippen LogP contribution is 2.49. The molecular weight excluding hydrogens is 389 g/mol. The third-order valence-corrected chi connectivity index (χ3v) is 6.02. The minimum atomic E-state index is -1.09. The summed E-state index contributed by atoms with van der Waals surface area (Å²) in [5.41, 5.74) is 1.85. The van der Waals surface area contributed by atoms with Crippen LogP contribution in [0.3, 0.4) is 0 Å². The number of carbonyl (C=O) groups is 2. The summed E-state index contributed by atoms with van der Waals surface area (Å²) in [4.78, 5) is 24.9. The summed E-state index contributed by atoms with van der Waals surface area (Å²) in [6.45, 7) is 0. The van der Waals surface area contributed by atoms with Crippen LogP contribution in [0.4, 0.5) is 10.1 Å². The molecular formula is C20H13ClFNO3S. The van der Waals surface area contributed by atoms with Crippen LogP contribution in [0, 0.1) is 5.82 Å². The molecule has 4 rings (SSSR count). The number of rotatable bonds is 3. The minimum absolute atomic E-state index is 0.0259. The van der Waals surface area contributed by atoms with E-state index in [1.54, 1.807) is 24.3 Å². The van der Waals surface area contributed by atoms with E-state index in [4.69, 9.17) is 11.6 Å². The van der Waals surface area contributed by atoms with Crippen LogP contribution in [0.5, 0.6) is 0 Å². The molecule has 0 radical (unpaired) electrons. The second kappa shape index (κ2) is 6.79. The van der Waals surface area contributed by atoms with Gasteiger partial charge in [0.15, 0.2) is 0 Å². The van der Waals surface area contributed by atoms with Gasteiger partial charge in [0, 0.05) is 27.8 Å². The number of carboxylic acid groups (broad SMARTS) is 1. The fraction of sp³-hybridized carbons (Fsp3) is 0.100. The van der Waals surface area contributed by atoms with Gasteiger partial charge in [-0.25, -0.2) is 9.18 Å². The van der Waals surface area contributed by atoms with Crippen molar-refractivity contribution in [1.82, 2.24) is 0 Å². The van der Waals surface area contributed by atoms with Gasteiger partial charge in [-0.15, -0.1) is 11.3 Å². The Bertz CT molecular complexity index is 1060. The average Bonchev–Trinajstić information content (AvgIpc) is 3.03. The third-order valence-electron chi connectivity index (χ3n) is 4.50. The first-order valence-corrected chi connectivity index (χ1v) is 9.35. The molecule has 1 amide bonds. The van der Waals surface area contributed by atoms with Gasteiger partial charge in [0.05, 0.1) is 5.69 Å². The Morgan fingerprint density at radius 1 is 1.22 bits per heavy atom. The van der Waals surface area contributed by atoms with Crippen molar-refractivity contribution in [3.63, 3.8) is 0 Å². The number of amides is 1. The largest absolute Gasteiger partial charge is 0.477 e. The maximum Gasteiger partial charge on any atom is 0.346 e. The molecule has 0 aliphatic carbocycles. The number of hydrogen-bond acceptors (Lipinski definition) is 3. The van der Waals surface area contributed by atoms with E-state index in [2.05, 4.69) is 5.32 Å². The van der Waals surface area contributed by atoms with E-state index in [9.17, 15) is 19.1 Å². The molecule has 1 aromatic heterocycles.